The molecule has 0 bridgehead atoms. The van der Waals surface area contributed by atoms with Crippen molar-refractivity contribution in [2.75, 3.05) is 6.54 Å². The molecule has 94 valence electrons. The van der Waals surface area contributed by atoms with Gasteiger partial charge in [0.2, 0.25) is 0 Å². The van der Waals surface area contributed by atoms with Crippen LogP contribution in [0.2, 0.25) is 0 Å². The second-order valence-electron chi connectivity index (χ2n) is 4.56. The first-order chi connectivity index (χ1) is 7.84. The summed E-state index contributed by atoms with van der Waals surface area (Å²) < 4.78 is 38.0. The molecule has 0 radical (unpaired) electrons. The average molecular weight is 245 g/mol. The molecule has 0 spiro atoms. The fraction of sp³-hybridized carbons (Fsp3) is 0.500. The van der Waals surface area contributed by atoms with Gasteiger partial charge < -0.3 is 10.4 Å². The van der Waals surface area contributed by atoms with Crippen LogP contribution >= 0.6 is 0 Å². The van der Waals surface area contributed by atoms with E-state index in [-0.39, 0.29) is 0 Å². The van der Waals surface area contributed by atoms with Crippen molar-refractivity contribution in [2.24, 2.45) is 0 Å². The normalized spacial score (nSPS) is 25.2. The first-order valence-electron chi connectivity index (χ1n) is 5.49. The zero-order chi connectivity index (χ0) is 12.7. The number of halogens is 3. The number of nitrogens with one attached hydrogen (secondary N) is 1. The van der Waals surface area contributed by atoms with Crippen LogP contribution in [0.25, 0.3) is 0 Å². The van der Waals surface area contributed by atoms with E-state index >= 15 is 0 Å². The van der Waals surface area contributed by atoms with Crippen LogP contribution in [-0.4, -0.2) is 11.7 Å². The Balaban J connectivity index is 2.49. The molecule has 1 aromatic carbocycles. The molecule has 1 aliphatic rings. The molecule has 0 saturated carbocycles. The maximum atomic E-state index is 12.7. The third-order valence-electron chi connectivity index (χ3n) is 3.30. The Hall–Kier alpha value is -1.23. The lowest BCUT2D eigenvalue weighted by Gasteiger charge is -2.27. The number of para-hydroxylation sites is 1. The standard InChI is InChI=1S/C12H14F3NO/c1-11(6-3-7-16-11)8-4-2-5-9(10(8)17)12(13,14)15/h2,4-5,16-17H,3,6-7H2,1H3. The van der Waals surface area contributed by atoms with E-state index in [1.807, 2.05) is 6.92 Å². The Morgan fingerprint density at radius 1 is 1.35 bits per heavy atom. The Morgan fingerprint density at radius 2 is 2.06 bits per heavy atom. The van der Waals surface area contributed by atoms with Crippen molar-refractivity contribution in [1.29, 1.82) is 0 Å². The van der Waals surface area contributed by atoms with Crippen molar-refractivity contribution in [3.63, 3.8) is 0 Å². The molecule has 1 saturated heterocycles. The summed E-state index contributed by atoms with van der Waals surface area (Å²) >= 11 is 0. The maximum absolute atomic E-state index is 12.7. The second kappa shape index (κ2) is 3.91. The fourth-order valence-electron chi connectivity index (χ4n) is 2.34. The summed E-state index contributed by atoms with van der Waals surface area (Å²) in [7, 11) is 0. The lowest BCUT2D eigenvalue weighted by Crippen LogP contribution is -2.33. The molecule has 2 rings (SSSR count). The molecule has 1 aromatic rings. The zero-order valence-corrected chi connectivity index (χ0v) is 9.43. The summed E-state index contributed by atoms with van der Waals surface area (Å²) in [5.74, 6) is -0.656. The van der Waals surface area contributed by atoms with Crippen molar-refractivity contribution in [3.8, 4) is 5.75 Å². The quantitative estimate of drug-likeness (QED) is 0.797. The molecule has 5 heteroatoms. The van der Waals surface area contributed by atoms with Crippen molar-refractivity contribution in [1.82, 2.24) is 5.32 Å². The van der Waals surface area contributed by atoms with Crippen LogP contribution in [0, 0.1) is 0 Å². The van der Waals surface area contributed by atoms with E-state index in [1.165, 1.54) is 6.07 Å². The molecule has 1 heterocycles. The molecule has 1 unspecified atom stereocenters. The summed E-state index contributed by atoms with van der Waals surface area (Å²) in [6.45, 7) is 2.57. The topological polar surface area (TPSA) is 32.3 Å². The van der Waals surface area contributed by atoms with Crippen molar-refractivity contribution < 1.29 is 18.3 Å². The maximum Gasteiger partial charge on any atom is 0.419 e. The lowest BCUT2D eigenvalue weighted by atomic mass is 9.88. The molecule has 17 heavy (non-hydrogen) atoms. The number of aromatic hydroxyl groups is 1. The first-order valence-corrected chi connectivity index (χ1v) is 5.49. The summed E-state index contributed by atoms with van der Waals surface area (Å²) in [6.07, 6.45) is -2.90. The first kappa shape index (κ1) is 12.2. The highest BCUT2D eigenvalue weighted by Gasteiger charge is 2.39. The Bertz CT molecular complexity index is 422. The molecule has 1 atom stereocenters. The minimum atomic E-state index is -4.52. The smallest absolute Gasteiger partial charge is 0.419 e. The molecular weight excluding hydrogens is 231 g/mol. The van der Waals surface area contributed by atoms with E-state index in [2.05, 4.69) is 5.32 Å². The number of hydrogen-bond acceptors (Lipinski definition) is 2. The van der Waals surface area contributed by atoms with Gasteiger partial charge in [-0.1, -0.05) is 12.1 Å². The predicted octanol–water partition coefficient (Wildman–Crippen LogP) is 3.01. The van der Waals surface area contributed by atoms with Gasteiger partial charge in [-0.3, -0.25) is 0 Å². The van der Waals surface area contributed by atoms with Crippen molar-refractivity contribution in [2.45, 2.75) is 31.5 Å². The summed E-state index contributed by atoms with van der Waals surface area (Å²) in [4.78, 5) is 0. The minimum Gasteiger partial charge on any atom is -0.507 e. The monoisotopic (exact) mass is 245 g/mol. The van der Waals surface area contributed by atoms with Crippen LogP contribution in [0.15, 0.2) is 18.2 Å². The highest BCUT2D eigenvalue weighted by Crippen LogP contribution is 2.42. The fourth-order valence-corrected chi connectivity index (χ4v) is 2.34. The van der Waals surface area contributed by atoms with Gasteiger partial charge in [0, 0.05) is 11.1 Å². The largest absolute Gasteiger partial charge is 0.507 e. The predicted molar refractivity (Wildman–Crippen MR) is 57.7 cm³/mol. The van der Waals surface area contributed by atoms with Crippen LogP contribution in [0.1, 0.15) is 30.9 Å². The van der Waals surface area contributed by atoms with Crippen LogP contribution < -0.4 is 5.32 Å². The van der Waals surface area contributed by atoms with Gasteiger partial charge in [-0.05, 0) is 32.4 Å². The van der Waals surface area contributed by atoms with E-state index in [1.54, 1.807) is 6.07 Å². The zero-order valence-electron chi connectivity index (χ0n) is 9.43. The van der Waals surface area contributed by atoms with Gasteiger partial charge in [0.15, 0.2) is 0 Å². The number of hydrogen-bond donors (Lipinski definition) is 2. The van der Waals surface area contributed by atoms with Crippen LogP contribution in [0.3, 0.4) is 0 Å². The Morgan fingerprint density at radius 3 is 2.59 bits per heavy atom. The highest BCUT2D eigenvalue weighted by molar-refractivity contribution is 5.46. The third kappa shape index (κ3) is 2.11. The number of phenolic OH excluding ortho intramolecular Hbond substituents is 1. The van der Waals surface area contributed by atoms with Gasteiger partial charge in [-0.25, -0.2) is 0 Å². The number of phenols is 1. The van der Waals surface area contributed by atoms with Gasteiger partial charge >= 0.3 is 6.18 Å². The molecule has 2 N–H and O–H groups in total. The van der Waals surface area contributed by atoms with Gasteiger partial charge in [-0.15, -0.1) is 0 Å². The molecule has 0 aliphatic carbocycles. The van der Waals surface area contributed by atoms with E-state index in [9.17, 15) is 18.3 Å². The van der Waals surface area contributed by atoms with E-state index < -0.39 is 23.0 Å². The van der Waals surface area contributed by atoms with Crippen molar-refractivity contribution >= 4 is 0 Å². The molecule has 0 aromatic heterocycles. The van der Waals surface area contributed by atoms with E-state index in [4.69, 9.17) is 0 Å². The molecule has 2 nitrogen and oxygen atoms in total. The summed E-state index contributed by atoms with van der Waals surface area (Å²) in [6, 6.07) is 3.78. The van der Waals surface area contributed by atoms with Crippen LogP contribution in [0.5, 0.6) is 5.75 Å². The SMILES string of the molecule is CC1(c2cccc(C(F)(F)F)c2O)CCCN1. The summed E-state index contributed by atoms with van der Waals surface area (Å²) in [5, 5.41) is 12.9. The highest BCUT2D eigenvalue weighted by atomic mass is 19.4. The van der Waals surface area contributed by atoms with E-state index in [0.717, 1.165) is 25.5 Å². The summed E-state index contributed by atoms with van der Waals surface area (Å²) in [5.41, 5.74) is -1.21. The molecule has 1 aliphatic heterocycles. The van der Waals surface area contributed by atoms with Gasteiger partial charge in [-0.2, -0.15) is 13.2 Å². The van der Waals surface area contributed by atoms with Gasteiger partial charge in [0.25, 0.3) is 0 Å². The average Bonchev–Trinajstić information content (AvgIpc) is 2.64. The van der Waals surface area contributed by atoms with Gasteiger partial charge in [0.05, 0.1) is 5.56 Å². The van der Waals surface area contributed by atoms with E-state index in [0.29, 0.717) is 5.56 Å². The molecular formula is C12H14F3NO. The molecule has 0 amide bonds. The van der Waals surface area contributed by atoms with Crippen LogP contribution in [0.4, 0.5) is 13.2 Å². The second-order valence-corrected chi connectivity index (χ2v) is 4.56. The van der Waals surface area contributed by atoms with Crippen LogP contribution in [-0.2, 0) is 11.7 Å². The van der Waals surface area contributed by atoms with Crippen molar-refractivity contribution in [3.05, 3.63) is 29.3 Å². The number of alkyl halides is 3. The van der Waals surface area contributed by atoms with Gasteiger partial charge in [0.1, 0.15) is 5.75 Å². The number of benzene rings is 1. The minimum absolute atomic E-state index is 0.324. The Labute approximate surface area is 97.5 Å². The number of rotatable bonds is 1. The Kier molecular flexibility index (Phi) is 2.81. The molecule has 1 fully saturated rings. The third-order valence-corrected chi connectivity index (χ3v) is 3.30. The lowest BCUT2D eigenvalue weighted by molar-refractivity contribution is -0.138.